The molecule has 1 aliphatic heterocycles. The normalized spacial score (nSPS) is 30.7. The molecule has 2 heteroatoms. The fraction of sp³-hybridized carbons (Fsp3) is 0.889. The summed E-state index contributed by atoms with van der Waals surface area (Å²) in [6.45, 7) is 4.05. The molecule has 0 spiro atoms. The lowest BCUT2D eigenvalue weighted by Gasteiger charge is -2.08. The van der Waals surface area contributed by atoms with Gasteiger partial charge >= 0.3 is 0 Å². The summed E-state index contributed by atoms with van der Waals surface area (Å²) in [6.07, 6.45) is 3.80. The highest BCUT2D eigenvalue weighted by Crippen LogP contribution is 2.20. The van der Waals surface area contributed by atoms with E-state index in [0.717, 1.165) is 19.3 Å². The lowest BCUT2D eigenvalue weighted by molar-refractivity contribution is -0.129. The zero-order valence-electron chi connectivity index (χ0n) is 7.30. The van der Waals surface area contributed by atoms with Gasteiger partial charge in [0.1, 0.15) is 6.10 Å². The Morgan fingerprint density at radius 3 is 2.73 bits per heavy atom. The standard InChI is InChI=1S/C9H16O2/c1-3-4-8(10)9-6-5-7(2)11-9/h7,9H,3-6H2,1-2H3. The predicted octanol–water partition coefficient (Wildman–Crippen LogP) is 1.92. The van der Waals surface area contributed by atoms with E-state index >= 15 is 0 Å². The predicted molar refractivity (Wildman–Crippen MR) is 43.5 cm³/mol. The molecular formula is C9H16O2. The van der Waals surface area contributed by atoms with E-state index in [1.807, 2.05) is 13.8 Å². The zero-order valence-corrected chi connectivity index (χ0v) is 7.30. The molecule has 2 atom stereocenters. The van der Waals surface area contributed by atoms with E-state index in [0.29, 0.717) is 12.5 Å². The molecule has 2 nitrogen and oxygen atoms in total. The number of rotatable bonds is 3. The van der Waals surface area contributed by atoms with Gasteiger partial charge in [0.15, 0.2) is 5.78 Å². The Bertz CT molecular complexity index is 142. The second-order valence-corrected chi connectivity index (χ2v) is 3.23. The van der Waals surface area contributed by atoms with Crippen molar-refractivity contribution in [2.24, 2.45) is 0 Å². The molecule has 0 saturated carbocycles. The number of Topliss-reactive ketones (excluding diaryl/α,β-unsaturated/α-hetero) is 1. The maximum absolute atomic E-state index is 11.3. The Hall–Kier alpha value is -0.370. The van der Waals surface area contributed by atoms with Crippen LogP contribution in [-0.4, -0.2) is 18.0 Å². The van der Waals surface area contributed by atoms with E-state index in [2.05, 4.69) is 0 Å². The van der Waals surface area contributed by atoms with Crippen LogP contribution >= 0.6 is 0 Å². The van der Waals surface area contributed by atoms with E-state index in [1.165, 1.54) is 0 Å². The van der Waals surface area contributed by atoms with Crippen LogP contribution in [0.4, 0.5) is 0 Å². The summed E-state index contributed by atoms with van der Waals surface area (Å²) in [7, 11) is 0. The minimum atomic E-state index is -0.0788. The van der Waals surface area contributed by atoms with E-state index in [4.69, 9.17) is 4.74 Å². The minimum absolute atomic E-state index is 0.0788. The van der Waals surface area contributed by atoms with Crippen LogP contribution in [-0.2, 0) is 9.53 Å². The van der Waals surface area contributed by atoms with Gasteiger partial charge in [0.25, 0.3) is 0 Å². The monoisotopic (exact) mass is 156 g/mol. The van der Waals surface area contributed by atoms with Crippen molar-refractivity contribution in [1.82, 2.24) is 0 Å². The lowest BCUT2D eigenvalue weighted by atomic mass is 10.1. The number of hydrogen-bond acceptors (Lipinski definition) is 2. The molecule has 2 unspecified atom stereocenters. The molecule has 1 fully saturated rings. The molecule has 1 heterocycles. The molecule has 0 radical (unpaired) electrons. The second-order valence-electron chi connectivity index (χ2n) is 3.23. The van der Waals surface area contributed by atoms with Crippen LogP contribution in [0.2, 0.25) is 0 Å². The summed E-state index contributed by atoms with van der Waals surface area (Å²) >= 11 is 0. The van der Waals surface area contributed by atoms with Crippen LogP contribution in [0.1, 0.15) is 39.5 Å². The van der Waals surface area contributed by atoms with Gasteiger partial charge in [-0.1, -0.05) is 6.92 Å². The van der Waals surface area contributed by atoms with Crippen molar-refractivity contribution in [3.63, 3.8) is 0 Å². The topological polar surface area (TPSA) is 26.3 Å². The largest absolute Gasteiger partial charge is 0.368 e. The van der Waals surface area contributed by atoms with Gasteiger partial charge in [-0.2, -0.15) is 0 Å². The Labute approximate surface area is 67.9 Å². The highest BCUT2D eigenvalue weighted by molar-refractivity contribution is 5.83. The van der Waals surface area contributed by atoms with E-state index in [1.54, 1.807) is 0 Å². The summed E-state index contributed by atoms with van der Waals surface area (Å²) in [6, 6.07) is 0. The van der Waals surface area contributed by atoms with Crippen LogP contribution in [0.15, 0.2) is 0 Å². The smallest absolute Gasteiger partial charge is 0.161 e. The first-order valence-corrected chi connectivity index (χ1v) is 4.42. The van der Waals surface area contributed by atoms with Gasteiger partial charge in [-0.15, -0.1) is 0 Å². The van der Waals surface area contributed by atoms with Crippen LogP contribution in [0, 0.1) is 0 Å². The molecule has 0 N–H and O–H groups in total. The van der Waals surface area contributed by atoms with Crippen molar-refractivity contribution >= 4 is 5.78 Å². The number of carbonyl (C=O) groups is 1. The van der Waals surface area contributed by atoms with Crippen molar-refractivity contribution in [2.45, 2.75) is 51.7 Å². The first-order chi connectivity index (χ1) is 5.24. The second kappa shape index (κ2) is 3.86. The van der Waals surface area contributed by atoms with Gasteiger partial charge in [0, 0.05) is 6.42 Å². The Balaban J connectivity index is 2.31. The maximum atomic E-state index is 11.3. The van der Waals surface area contributed by atoms with Gasteiger partial charge in [0.2, 0.25) is 0 Å². The van der Waals surface area contributed by atoms with E-state index in [9.17, 15) is 4.79 Å². The Kier molecular flexibility index (Phi) is 3.06. The fourth-order valence-corrected chi connectivity index (χ4v) is 1.45. The summed E-state index contributed by atoms with van der Waals surface area (Å²) in [5.74, 6) is 0.289. The number of carbonyl (C=O) groups excluding carboxylic acids is 1. The van der Waals surface area contributed by atoms with Gasteiger partial charge in [-0.05, 0) is 26.2 Å². The Morgan fingerprint density at radius 1 is 1.55 bits per heavy atom. The molecule has 0 aromatic carbocycles. The highest BCUT2D eigenvalue weighted by atomic mass is 16.5. The highest BCUT2D eigenvalue weighted by Gasteiger charge is 2.26. The average Bonchev–Trinajstić information content (AvgIpc) is 2.36. The van der Waals surface area contributed by atoms with Crippen molar-refractivity contribution in [1.29, 1.82) is 0 Å². The molecule has 0 aliphatic carbocycles. The molecular weight excluding hydrogens is 140 g/mol. The van der Waals surface area contributed by atoms with Gasteiger partial charge in [0.05, 0.1) is 6.10 Å². The van der Waals surface area contributed by atoms with Gasteiger partial charge in [-0.25, -0.2) is 0 Å². The third-order valence-electron chi connectivity index (χ3n) is 2.09. The molecule has 1 aliphatic rings. The SMILES string of the molecule is CCCC(=O)C1CCC(C)O1. The summed E-state index contributed by atoms with van der Waals surface area (Å²) in [5.41, 5.74) is 0. The van der Waals surface area contributed by atoms with Crippen molar-refractivity contribution in [3.8, 4) is 0 Å². The minimum Gasteiger partial charge on any atom is -0.368 e. The van der Waals surface area contributed by atoms with Crippen LogP contribution in [0.25, 0.3) is 0 Å². The number of ketones is 1. The number of ether oxygens (including phenoxy) is 1. The molecule has 0 amide bonds. The molecule has 0 bridgehead atoms. The average molecular weight is 156 g/mol. The first kappa shape index (κ1) is 8.72. The van der Waals surface area contributed by atoms with Crippen molar-refractivity contribution in [2.75, 3.05) is 0 Å². The zero-order chi connectivity index (χ0) is 8.27. The third-order valence-corrected chi connectivity index (χ3v) is 2.09. The Morgan fingerprint density at radius 2 is 2.27 bits per heavy atom. The van der Waals surface area contributed by atoms with Crippen molar-refractivity contribution in [3.05, 3.63) is 0 Å². The molecule has 0 aromatic heterocycles. The maximum Gasteiger partial charge on any atom is 0.161 e. The van der Waals surface area contributed by atoms with Gasteiger partial charge < -0.3 is 4.74 Å². The van der Waals surface area contributed by atoms with Gasteiger partial charge in [-0.3, -0.25) is 4.79 Å². The summed E-state index contributed by atoms with van der Waals surface area (Å²) in [5, 5.41) is 0. The quantitative estimate of drug-likeness (QED) is 0.624. The summed E-state index contributed by atoms with van der Waals surface area (Å²) < 4.78 is 5.43. The molecule has 1 saturated heterocycles. The fourth-order valence-electron chi connectivity index (χ4n) is 1.45. The molecule has 11 heavy (non-hydrogen) atoms. The molecule has 0 aromatic rings. The molecule has 1 rings (SSSR count). The van der Waals surface area contributed by atoms with Crippen molar-refractivity contribution < 1.29 is 9.53 Å². The van der Waals surface area contributed by atoms with Crippen LogP contribution in [0.5, 0.6) is 0 Å². The van der Waals surface area contributed by atoms with Crippen LogP contribution in [0.3, 0.4) is 0 Å². The first-order valence-electron chi connectivity index (χ1n) is 4.42. The third kappa shape index (κ3) is 2.29. The lowest BCUT2D eigenvalue weighted by Crippen LogP contribution is -2.19. The molecule has 64 valence electrons. The number of hydrogen-bond donors (Lipinski definition) is 0. The summed E-state index contributed by atoms with van der Waals surface area (Å²) in [4.78, 5) is 11.3. The van der Waals surface area contributed by atoms with E-state index < -0.39 is 0 Å². The van der Waals surface area contributed by atoms with Crippen LogP contribution < -0.4 is 0 Å². The van der Waals surface area contributed by atoms with E-state index in [-0.39, 0.29) is 11.9 Å².